The Morgan fingerprint density at radius 2 is 1.92 bits per heavy atom. The maximum Gasteiger partial charge on any atom is 0.248 e. The van der Waals surface area contributed by atoms with Crippen LogP contribution < -0.4 is 10.1 Å². The van der Waals surface area contributed by atoms with Crippen molar-refractivity contribution >= 4 is 27.5 Å². The van der Waals surface area contributed by atoms with Gasteiger partial charge in [0.15, 0.2) is 9.84 Å². The molecule has 0 unspecified atom stereocenters. The number of amides is 1. The molecule has 2 aromatic carbocycles. The van der Waals surface area contributed by atoms with Gasteiger partial charge in [-0.3, -0.25) is 4.79 Å². The van der Waals surface area contributed by atoms with Gasteiger partial charge in [-0.05, 0) is 53.6 Å². The number of ether oxygens (including phenoxy) is 1. The highest BCUT2D eigenvalue weighted by molar-refractivity contribution is 7.90. The second-order valence-corrected chi connectivity index (χ2v) is 7.60. The molecule has 0 fully saturated rings. The lowest BCUT2D eigenvalue weighted by Crippen LogP contribution is -2.08. The van der Waals surface area contributed by atoms with Crippen LogP contribution in [0.25, 0.3) is 6.08 Å². The maximum atomic E-state index is 12.0. The molecule has 6 heteroatoms. The average Bonchev–Trinajstić information content (AvgIpc) is 3.00. The molecule has 124 valence electrons. The molecule has 24 heavy (non-hydrogen) atoms. The summed E-state index contributed by atoms with van der Waals surface area (Å²) in [5.41, 5.74) is 2.62. The molecule has 0 aliphatic carbocycles. The van der Waals surface area contributed by atoms with Crippen LogP contribution in [0.3, 0.4) is 0 Å². The number of anilines is 1. The summed E-state index contributed by atoms with van der Waals surface area (Å²) in [6, 6.07) is 11.9. The SMILES string of the molecule is CS(=O)(=O)c1ccc(NC(=O)C=Cc2ccc3c(c2)CCO3)cc1. The molecule has 0 atom stereocenters. The zero-order valence-corrected chi connectivity index (χ0v) is 14.0. The van der Waals surface area contributed by atoms with E-state index in [1.165, 1.54) is 18.2 Å². The summed E-state index contributed by atoms with van der Waals surface area (Å²) in [7, 11) is -3.24. The Balaban J connectivity index is 1.65. The topological polar surface area (TPSA) is 72.5 Å². The fourth-order valence-electron chi connectivity index (χ4n) is 2.45. The highest BCUT2D eigenvalue weighted by Gasteiger charge is 2.11. The van der Waals surface area contributed by atoms with E-state index in [1.807, 2.05) is 18.2 Å². The number of benzene rings is 2. The van der Waals surface area contributed by atoms with Crippen LogP contribution in [0.15, 0.2) is 53.4 Å². The predicted molar refractivity (Wildman–Crippen MR) is 92.9 cm³/mol. The van der Waals surface area contributed by atoms with Gasteiger partial charge in [-0.1, -0.05) is 6.07 Å². The summed E-state index contributed by atoms with van der Waals surface area (Å²) >= 11 is 0. The molecule has 1 amide bonds. The summed E-state index contributed by atoms with van der Waals surface area (Å²) < 4.78 is 28.2. The summed E-state index contributed by atoms with van der Waals surface area (Å²) in [4.78, 5) is 12.2. The van der Waals surface area contributed by atoms with Crippen molar-refractivity contribution in [1.82, 2.24) is 0 Å². The number of sulfone groups is 1. The van der Waals surface area contributed by atoms with Crippen LogP contribution in [0.1, 0.15) is 11.1 Å². The van der Waals surface area contributed by atoms with E-state index in [2.05, 4.69) is 5.32 Å². The highest BCUT2D eigenvalue weighted by atomic mass is 32.2. The third-order valence-corrected chi connectivity index (χ3v) is 4.82. The number of carbonyl (C=O) groups excluding carboxylic acids is 1. The van der Waals surface area contributed by atoms with E-state index in [9.17, 15) is 13.2 Å². The Hall–Kier alpha value is -2.60. The molecular weight excluding hydrogens is 326 g/mol. The van der Waals surface area contributed by atoms with Crippen molar-refractivity contribution in [3.05, 3.63) is 59.7 Å². The first kappa shape index (κ1) is 16.3. The van der Waals surface area contributed by atoms with Crippen LogP contribution in [0.2, 0.25) is 0 Å². The van der Waals surface area contributed by atoms with Crippen molar-refractivity contribution in [1.29, 1.82) is 0 Å². The first-order valence-corrected chi connectivity index (χ1v) is 9.36. The lowest BCUT2D eigenvalue weighted by atomic mass is 10.1. The Labute approximate surface area is 140 Å². The molecular formula is C18H17NO4S. The zero-order chi connectivity index (χ0) is 17.2. The molecule has 2 aromatic rings. The Morgan fingerprint density at radius 1 is 1.17 bits per heavy atom. The van der Waals surface area contributed by atoms with Crippen LogP contribution in [-0.4, -0.2) is 27.2 Å². The highest BCUT2D eigenvalue weighted by Crippen LogP contribution is 2.26. The van der Waals surface area contributed by atoms with E-state index >= 15 is 0 Å². The third kappa shape index (κ3) is 3.83. The first-order chi connectivity index (χ1) is 11.4. The molecule has 1 heterocycles. The summed E-state index contributed by atoms with van der Waals surface area (Å²) in [6.45, 7) is 0.701. The zero-order valence-electron chi connectivity index (χ0n) is 13.2. The molecule has 1 aliphatic rings. The van der Waals surface area contributed by atoms with E-state index in [0.29, 0.717) is 12.3 Å². The Kier molecular flexibility index (Phi) is 4.40. The second kappa shape index (κ2) is 6.49. The van der Waals surface area contributed by atoms with Crippen molar-refractivity contribution in [2.45, 2.75) is 11.3 Å². The summed E-state index contributed by atoms with van der Waals surface area (Å²) in [5.74, 6) is 0.626. The largest absolute Gasteiger partial charge is 0.493 e. The lowest BCUT2D eigenvalue weighted by molar-refractivity contribution is -0.111. The molecule has 3 rings (SSSR count). The van der Waals surface area contributed by atoms with Crippen LogP contribution in [0.4, 0.5) is 5.69 Å². The van der Waals surface area contributed by atoms with E-state index in [0.717, 1.165) is 29.6 Å². The Bertz CT molecular complexity index is 899. The van der Waals surface area contributed by atoms with Gasteiger partial charge in [0.1, 0.15) is 5.75 Å². The quantitative estimate of drug-likeness (QED) is 0.866. The molecule has 0 bridgehead atoms. The normalized spacial score (nSPS) is 13.5. The molecule has 0 saturated carbocycles. The maximum absolute atomic E-state index is 12.0. The predicted octanol–water partition coefficient (Wildman–Crippen LogP) is 2.68. The van der Waals surface area contributed by atoms with Gasteiger partial charge < -0.3 is 10.1 Å². The van der Waals surface area contributed by atoms with Gasteiger partial charge in [-0.15, -0.1) is 0 Å². The molecule has 1 N–H and O–H groups in total. The standard InChI is InChI=1S/C18H17NO4S/c1-24(21,22)16-6-4-15(5-7-16)19-18(20)9-3-13-2-8-17-14(12-13)10-11-23-17/h2-9,12H,10-11H2,1H3,(H,19,20). The van der Waals surface area contributed by atoms with Crippen LogP contribution >= 0.6 is 0 Å². The first-order valence-electron chi connectivity index (χ1n) is 7.47. The fraction of sp³-hybridized carbons (Fsp3) is 0.167. The molecule has 0 saturated heterocycles. The number of hydrogen-bond acceptors (Lipinski definition) is 4. The van der Waals surface area contributed by atoms with Crippen molar-refractivity contribution in [2.24, 2.45) is 0 Å². The smallest absolute Gasteiger partial charge is 0.248 e. The van der Waals surface area contributed by atoms with Crippen LogP contribution in [-0.2, 0) is 21.1 Å². The number of rotatable bonds is 4. The lowest BCUT2D eigenvalue weighted by Gasteiger charge is -2.04. The number of carbonyl (C=O) groups is 1. The molecule has 0 aromatic heterocycles. The van der Waals surface area contributed by atoms with Crippen molar-refractivity contribution < 1.29 is 17.9 Å². The van der Waals surface area contributed by atoms with E-state index in [1.54, 1.807) is 18.2 Å². The van der Waals surface area contributed by atoms with Gasteiger partial charge in [0.05, 0.1) is 11.5 Å². The van der Waals surface area contributed by atoms with E-state index < -0.39 is 9.84 Å². The van der Waals surface area contributed by atoms with Crippen molar-refractivity contribution in [3.8, 4) is 5.75 Å². The van der Waals surface area contributed by atoms with Crippen molar-refractivity contribution in [2.75, 3.05) is 18.2 Å². The van der Waals surface area contributed by atoms with Gasteiger partial charge in [0.2, 0.25) is 5.91 Å². The molecule has 1 aliphatic heterocycles. The number of hydrogen-bond donors (Lipinski definition) is 1. The monoisotopic (exact) mass is 343 g/mol. The minimum atomic E-state index is -3.24. The Morgan fingerprint density at radius 3 is 2.62 bits per heavy atom. The van der Waals surface area contributed by atoms with Gasteiger partial charge in [0.25, 0.3) is 0 Å². The minimum Gasteiger partial charge on any atom is -0.493 e. The van der Waals surface area contributed by atoms with Gasteiger partial charge in [-0.25, -0.2) is 8.42 Å². The van der Waals surface area contributed by atoms with Crippen LogP contribution in [0, 0.1) is 0 Å². The number of nitrogens with one attached hydrogen (secondary N) is 1. The summed E-state index contributed by atoms with van der Waals surface area (Å²) in [6.07, 6.45) is 5.21. The van der Waals surface area contributed by atoms with Gasteiger partial charge >= 0.3 is 0 Å². The van der Waals surface area contributed by atoms with Gasteiger partial charge in [0, 0.05) is 24.4 Å². The van der Waals surface area contributed by atoms with E-state index in [-0.39, 0.29) is 10.8 Å². The number of fused-ring (bicyclic) bond motifs is 1. The fourth-order valence-corrected chi connectivity index (χ4v) is 3.08. The van der Waals surface area contributed by atoms with Crippen LogP contribution in [0.5, 0.6) is 5.75 Å². The summed E-state index contributed by atoms with van der Waals surface area (Å²) in [5, 5.41) is 2.70. The molecule has 0 spiro atoms. The second-order valence-electron chi connectivity index (χ2n) is 5.58. The van der Waals surface area contributed by atoms with Gasteiger partial charge in [-0.2, -0.15) is 0 Å². The molecule has 0 radical (unpaired) electrons. The minimum absolute atomic E-state index is 0.219. The average molecular weight is 343 g/mol. The third-order valence-electron chi connectivity index (χ3n) is 3.69. The van der Waals surface area contributed by atoms with Crippen molar-refractivity contribution in [3.63, 3.8) is 0 Å². The molecule has 5 nitrogen and oxygen atoms in total. The van der Waals surface area contributed by atoms with E-state index in [4.69, 9.17) is 4.74 Å².